The molecule has 16 heavy (non-hydrogen) atoms. The molecule has 0 fully saturated rings. The van der Waals surface area contributed by atoms with Crippen LogP contribution in [-0.4, -0.2) is 17.9 Å². The Hall–Kier alpha value is -0.840. The van der Waals surface area contributed by atoms with Crippen LogP contribution in [0.1, 0.15) is 12.5 Å². The Kier molecular flexibility index (Phi) is 5.52. The summed E-state index contributed by atoms with van der Waals surface area (Å²) in [6.07, 6.45) is 1.62. The molecule has 2 N–H and O–H groups in total. The van der Waals surface area contributed by atoms with Crippen molar-refractivity contribution in [2.24, 2.45) is 5.10 Å². The van der Waals surface area contributed by atoms with E-state index in [1.54, 1.807) is 18.3 Å². The maximum absolute atomic E-state index is 5.85. The van der Waals surface area contributed by atoms with Gasteiger partial charge in [-0.15, -0.1) is 0 Å². The quantitative estimate of drug-likeness (QED) is 0.506. The highest BCUT2D eigenvalue weighted by Crippen LogP contribution is 2.21. The van der Waals surface area contributed by atoms with Gasteiger partial charge in [-0.05, 0) is 36.8 Å². The highest BCUT2D eigenvalue weighted by atomic mass is 35.5. The van der Waals surface area contributed by atoms with Crippen molar-refractivity contribution in [1.82, 2.24) is 10.7 Å². The second-order valence-electron chi connectivity index (χ2n) is 2.90. The first-order valence-corrected chi connectivity index (χ1v) is 5.82. The van der Waals surface area contributed by atoms with Gasteiger partial charge in [0.05, 0.1) is 16.3 Å². The van der Waals surface area contributed by atoms with Gasteiger partial charge < -0.3 is 5.32 Å². The lowest BCUT2D eigenvalue weighted by Gasteiger charge is -2.02. The molecule has 1 aromatic rings. The minimum Gasteiger partial charge on any atom is -0.362 e. The van der Waals surface area contributed by atoms with Crippen molar-refractivity contribution in [1.29, 1.82) is 0 Å². The van der Waals surface area contributed by atoms with Crippen LogP contribution in [0.2, 0.25) is 10.0 Å². The molecular weight excluding hydrogens is 265 g/mol. The largest absolute Gasteiger partial charge is 0.362 e. The Morgan fingerprint density at radius 2 is 2.19 bits per heavy atom. The van der Waals surface area contributed by atoms with Crippen molar-refractivity contribution >= 4 is 46.7 Å². The molecule has 1 aromatic carbocycles. The average Bonchev–Trinajstić information content (AvgIpc) is 2.24. The summed E-state index contributed by atoms with van der Waals surface area (Å²) < 4.78 is 0. The molecule has 0 saturated carbocycles. The lowest BCUT2D eigenvalue weighted by Crippen LogP contribution is -2.31. The van der Waals surface area contributed by atoms with E-state index in [1.807, 2.05) is 13.0 Å². The molecule has 0 aliphatic rings. The van der Waals surface area contributed by atoms with Crippen molar-refractivity contribution < 1.29 is 0 Å². The molecule has 3 nitrogen and oxygen atoms in total. The first-order valence-electron chi connectivity index (χ1n) is 4.65. The number of rotatable bonds is 3. The lowest BCUT2D eigenvalue weighted by molar-refractivity contribution is 0.904. The summed E-state index contributed by atoms with van der Waals surface area (Å²) >= 11 is 16.6. The van der Waals surface area contributed by atoms with Crippen LogP contribution in [0.3, 0.4) is 0 Å². The van der Waals surface area contributed by atoms with Crippen LogP contribution in [-0.2, 0) is 0 Å². The van der Waals surface area contributed by atoms with Crippen LogP contribution in [0, 0.1) is 0 Å². The number of hydrogen-bond donors (Lipinski definition) is 2. The number of nitrogens with one attached hydrogen (secondary N) is 2. The third-order valence-electron chi connectivity index (χ3n) is 1.66. The van der Waals surface area contributed by atoms with Gasteiger partial charge in [-0.2, -0.15) is 5.10 Å². The topological polar surface area (TPSA) is 36.4 Å². The van der Waals surface area contributed by atoms with Gasteiger partial charge in [-0.25, -0.2) is 0 Å². The predicted octanol–water partition coefficient (Wildman–Crippen LogP) is 2.81. The number of nitrogens with zero attached hydrogens (tertiary/aromatic N) is 1. The summed E-state index contributed by atoms with van der Waals surface area (Å²) in [5.74, 6) is 0. The number of thiocarbonyl (C=S) groups is 1. The van der Waals surface area contributed by atoms with Crippen LogP contribution in [0.4, 0.5) is 0 Å². The third kappa shape index (κ3) is 4.35. The highest BCUT2D eigenvalue weighted by molar-refractivity contribution is 7.80. The van der Waals surface area contributed by atoms with Crippen LogP contribution >= 0.6 is 35.4 Å². The van der Waals surface area contributed by atoms with Gasteiger partial charge in [0.15, 0.2) is 5.11 Å². The predicted molar refractivity (Wildman–Crippen MR) is 73.5 cm³/mol. The molecule has 0 aliphatic heterocycles. The zero-order valence-corrected chi connectivity index (χ0v) is 11.0. The third-order valence-corrected chi connectivity index (χ3v) is 2.64. The fraction of sp³-hybridized carbons (Fsp3) is 0.200. The first kappa shape index (κ1) is 13.2. The summed E-state index contributed by atoms with van der Waals surface area (Å²) in [4.78, 5) is 0. The van der Waals surface area contributed by atoms with Crippen molar-refractivity contribution in [3.8, 4) is 0 Å². The van der Waals surface area contributed by atoms with Gasteiger partial charge in [-0.3, -0.25) is 5.43 Å². The van der Waals surface area contributed by atoms with E-state index in [9.17, 15) is 0 Å². The van der Waals surface area contributed by atoms with Crippen LogP contribution in [0.15, 0.2) is 23.3 Å². The molecule has 0 aromatic heterocycles. The average molecular weight is 276 g/mol. The standard InChI is InChI=1S/C10H11Cl2N3S/c1-2-13-10(16)15-14-6-7-3-4-8(11)9(12)5-7/h3-6H,2H2,1H3,(H2,13,15,16). The van der Waals surface area contributed by atoms with Gasteiger partial charge in [0.2, 0.25) is 0 Å². The number of hydrogen-bond acceptors (Lipinski definition) is 2. The lowest BCUT2D eigenvalue weighted by atomic mass is 10.2. The zero-order valence-electron chi connectivity index (χ0n) is 8.63. The number of hydrazone groups is 1. The van der Waals surface area contributed by atoms with Gasteiger partial charge in [0.25, 0.3) is 0 Å². The van der Waals surface area contributed by atoms with Crippen molar-refractivity contribution in [3.05, 3.63) is 33.8 Å². The Bertz CT molecular complexity index is 407. The fourth-order valence-corrected chi connectivity index (χ4v) is 1.46. The van der Waals surface area contributed by atoms with Crippen molar-refractivity contribution in [2.75, 3.05) is 6.54 Å². The Labute approximate surface area is 110 Å². The van der Waals surface area contributed by atoms with E-state index >= 15 is 0 Å². The molecule has 0 spiro atoms. The van der Waals surface area contributed by atoms with Crippen LogP contribution in [0.25, 0.3) is 0 Å². The van der Waals surface area contributed by atoms with Crippen LogP contribution in [0.5, 0.6) is 0 Å². The molecule has 0 heterocycles. The van der Waals surface area contributed by atoms with Crippen molar-refractivity contribution in [3.63, 3.8) is 0 Å². The second-order valence-corrected chi connectivity index (χ2v) is 4.13. The van der Waals surface area contributed by atoms with Crippen molar-refractivity contribution in [2.45, 2.75) is 6.92 Å². The minimum absolute atomic E-state index is 0.485. The highest BCUT2D eigenvalue weighted by Gasteiger charge is 1.97. The maximum Gasteiger partial charge on any atom is 0.186 e. The Balaban J connectivity index is 2.56. The van der Waals surface area contributed by atoms with Gasteiger partial charge in [0, 0.05) is 6.54 Å². The Morgan fingerprint density at radius 3 is 2.81 bits per heavy atom. The monoisotopic (exact) mass is 275 g/mol. The zero-order chi connectivity index (χ0) is 12.0. The van der Waals surface area contributed by atoms with E-state index in [1.165, 1.54) is 0 Å². The van der Waals surface area contributed by atoms with E-state index < -0.39 is 0 Å². The van der Waals surface area contributed by atoms with Gasteiger partial charge in [-0.1, -0.05) is 29.3 Å². The van der Waals surface area contributed by atoms with Gasteiger partial charge >= 0.3 is 0 Å². The van der Waals surface area contributed by atoms with E-state index in [2.05, 4.69) is 15.8 Å². The summed E-state index contributed by atoms with van der Waals surface area (Å²) in [5.41, 5.74) is 3.53. The molecule has 0 atom stereocenters. The molecule has 0 bridgehead atoms. The van der Waals surface area contributed by atoms with E-state index in [0.29, 0.717) is 15.2 Å². The summed E-state index contributed by atoms with van der Waals surface area (Å²) in [6, 6.07) is 5.26. The fourth-order valence-electron chi connectivity index (χ4n) is 0.958. The smallest absolute Gasteiger partial charge is 0.186 e. The molecule has 0 unspecified atom stereocenters. The Morgan fingerprint density at radius 1 is 1.44 bits per heavy atom. The molecular formula is C10H11Cl2N3S. The molecule has 1 rings (SSSR count). The summed E-state index contributed by atoms with van der Waals surface area (Å²) in [6.45, 7) is 2.71. The number of halogens is 2. The van der Waals surface area contributed by atoms with E-state index in [0.717, 1.165) is 12.1 Å². The normalized spacial score (nSPS) is 10.4. The molecule has 0 saturated heterocycles. The molecule has 6 heteroatoms. The van der Waals surface area contributed by atoms with Crippen LogP contribution < -0.4 is 10.7 Å². The molecule has 86 valence electrons. The van der Waals surface area contributed by atoms with Gasteiger partial charge in [0.1, 0.15) is 0 Å². The molecule has 0 aliphatic carbocycles. The summed E-state index contributed by atoms with van der Waals surface area (Å²) in [5, 5.41) is 8.37. The maximum atomic E-state index is 5.85. The number of benzene rings is 1. The summed E-state index contributed by atoms with van der Waals surface area (Å²) in [7, 11) is 0. The molecule has 0 amide bonds. The minimum atomic E-state index is 0.485. The van der Waals surface area contributed by atoms with E-state index in [-0.39, 0.29) is 0 Å². The second kappa shape index (κ2) is 6.68. The molecule has 0 radical (unpaired) electrons. The van der Waals surface area contributed by atoms with E-state index in [4.69, 9.17) is 35.4 Å². The SMILES string of the molecule is CCNC(=S)NN=Cc1ccc(Cl)c(Cl)c1. The first-order chi connectivity index (χ1) is 7.63.